The van der Waals surface area contributed by atoms with E-state index in [1.807, 2.05) is 30.7 Å². The van der Waals surface area contributed by atoms with Gasteiger partial charge in [-0.1, -0.05) is 37.8 Å². The van der Waals surface area contributed by atoms with Crippen molar-refractivity contribution in [1.82, 2.24) is 35.3 Å². The summed E-state index contributed by atoms with van der Waals surface area (Å²) in [6.07, 6.45) is 23.6. The molecule has 2 aliphatic carbocycles. The average Bonchev–Trinajstić information content (AvgIpc) is 4.07. The number of aromatic amines is 1. The van der Waals surface area contributed by atoms with E-state index in [1.165, 1.54) is 74.5 Å². The molecule has 13 nitrogen and oxygen atoms in total. The molecule has 2 aliphatic heterocycles. The van der Waals surface area contributed by atoms with Crippen molar-refractivity contribution in [2.24, 2.45) is 5.73 Å². The van der Waals surface area contributed by atoms with E-state index in [0.717, 1.165) is 82.8 Å². The Morgan fingerprint density at radius 2 is 1.40 bits per heavy atom. The summed E-state index contributed by atoms with van der Waals surface area (Å²) >= 11 is 0. The first kappa shape index (κ1) is 40.8. The molecule has 300 valence electrons. The number of nitrogens with two attached hydrogens (primary N) is 1. The summed E-state index contributed by atoms with van der Waals surface area (Å²) in [5.74, 6) is 1.30. The van der Waals surface area contributed by atoms with Crippen LogP contribution in [0, 0.1) is 0 Å². The zero-order valence-electron chi connectivity index (χ0n) is 32.9. The molecule has 4 aromatic rings. The molecule has 55 heavy (non-hydrogen) atoms. The lowest BCUT2D eigenvalue weighted by Gasteiger charge is -2.46. The Morgan fingerprint density at radius 3 is 1.89 bits per heavy atom. The SMILES string of the molecule is COc1[nH]ncc1CNCCC1(c2ccccn2)CCOC2(CCCC2)C1.COc1ccnn1CO.NCCC1(c2ccccn2)CCOC2(CCCC2)C1. The molecule has 2 saturated carbocycles. The molecule has 13 heteroatoms. The molecule has 4 fully saturated rings. The van der Waals surface area contributed by atoms with E-state index in [0.29, 0.717) is 5.88 Å². The van der Waals surface area contributed by atoms with Gasteiger partial charge in [-0.25, -0.2) is 9.78 Å². The van der Waals surface area contributed by atoms with Gasteiger partial charge in [0, 0.05) is 66.0 Å². The van der Waals surface area contributed by atoms with Crippen molar-refractivity contribution in [2.45, 2.75) is 125 Å². The molecule has 0 amide bonds. The molecule has 2 spiro atoms. The maximum Gasteiger partial charge on any atom is 0.213 e. The quantitative estimate of drug-likeness (QED) is 0.125. The summed E-state index contributed by atoms with van der Waals surface area (Å²) < 4.78 is 24.0. The van der Waals surface area contributed by atoms with Crippen LogP contribution in [0.25, 0.3) is 0 Å². The lowest BCUT2D eigenvalue weighted by Crippen LogP contribution is -2.47. The predicted octanol–water partition coefficient (Wildman–Crippen LogP) is 5.99. The number of aromatic nitrogens is 6. The van der Waals surface area contributed by atoms with Crippen LogP contribution in [0.2, 0.25) is 0 Å². The fourth-order valence-electron chi connectivity index (χ4n) is 9.62. The van der Waals surface area contributed by atoms with Crippen LogP contribution in [0.1, 0.15) is 107 Å². The van der Waals surface area contributed by atoms with Crippen molar-refractivity contribution in [3.8, 4) is 11.8 Å². The lowest BCUT2D eigenvalue weighted by atomic mass is 9.68. The third-order valence-electron chi connectivity index (χ3n) is 12.4. The Labute approximate surface area is 326 Å². The van der Waals surface area contributed by atoms with Gasteiger partial charge in [-0.15, -0.1) is 0 Å². The summed E-state index contributed by atoms with van der Waals surface area (Å²) in [4.78, 5) is 9.40. The van der Waals surface area contributed by atoms with E-state index in [9.17, 15) is 0 Å². The molecular formula is C42H62N8O5. The first-order valence-electron chi connectivity index (χ1n) is 20.2. The topological polar surface area (TPSA) is 167 Å². The molecule has 2 atom stereocenters. The monoisotopic (exact) mass is 758 g/mol. The van der Waals surface area contributed by atoms with Crippen molar-refractivity contribution >= 4 is 0 Å². The van der Waals surface area contributed by atoms with Gasteiger partial charge in [0.1, 0.15) is 6.73 Å². The number of pyridine rings is 2. The lowest BCUT2D eigenvalue weighted by molar-refractivity contribution is -0.104. The van der Waals surface area contributed by atoms with Gasteiger partial charge in [0.2, 0.25) is 11.8 Å². The molecule has 4 aromatic heterocycles. The van der Waals surface area contributed by atoms with E-state index in [-0.39, 0.29) is 28.8 Å². The number of rotatable bonds is 12. The van der Waals surface area contributed by atoms with Crippen LogP contribution in [0.4, 0.5) is 0 Å². The number of hydrogen-bond acceptors (Lipinski definition) is 11. The minimum atomic E-state index is -0.143. The van der Waals surface area contributed by atoms with E-state index in [1.54, 1.807) is 19.4 Å². The highest BCUT2D eigenvalue weighted by Crippen LogP contribution is 2.50. The van der Waals surface area contributed by atoms with Gasteiger partial charge in [-0.3, -0.25) is 9.97 Å². The van der Waals surface area contributed by atoms with Crippen LogP contribution >= 0.6 is 0 Å². The zero-order chi connectivity index (χ0) is 38.5. The number of aliphatic hydroxyl groups excluding tert-OH is 1. The number of ether oxygens (including phenoxy) is 4. The molecule has 6 heterocycles. The first-order chi connectivity index (χ1) is 26.9. The Kier molecular flexibility index (Phi) is 14.3. The molecule has 0 radical (unpaired) electrons. The molecule has 0 bridgehead atoms. The van der Waals surface area contributed by atoms with Crippen molar-refractivity contribution in [3.63, 3.8) is 0 Å². The van der Waals surface area contributed by atoms with Gasteiger partial charge < -0.3 is 35.1 Å². The summed E-state index contributed by atoms with van der Waals surface area (Å²) in [7, 11) is 3.19. The highest BCUT2D eigenvalue weighted by atomic mass is 16.5. The standard InChI is InChI=1S/C21H30N4O2.C16H24N2O.C5H8N2O2/c1-26-19-17(15-24-25-19)14-22-12-9-20(18-6-2-5-11-23-18)10-13-27-21(16-20)7-3-4-8-21;17-10-8-15(14-5-1-4-11-18-14)9-12-19-16(13-15)6-2-3-7-16;1-9-5-2-3-6-7(5)4-8/h2,5-6,11,15,22H,3-4,7-10,12-14,16H2,1H3,(H,24,25);1,4-5,11H,2-3,6-10,12-13,17H2;2-3,8H,4H2,1H3. The molecule has 2 saturated heterocycles. The summed E-state index contributed by atoms with van der Waals surface area (Å²) in [5.41, 5.74) is 9.82. The highest BCUT2D eigenvalue weighted by Gasteiger charge is 2.49. The summed E-state index contributed by atoms with van der Waals surface area (Å²) in [6, 6.07) is 14.3. The van der Waals surface area contributed by atoms with E-state index in [2.05, 4.69) is 49.9 Å². The van der Waals surface area contributed by atoms with Crippen LogP contribution in [0.15, 0.2) is 67.3 Å². The van der Waals surface area contributed by atoms with Crippen molar-refractivity contribution in [2.75, 3.05) is 40.5 Å². The van der Waals surface area contributed by atoms with Crippen molar-refractivity contribution in [1.29, 1.82) is 0 Å². The van der Waals surface area contributed by atoms with E-state index in [4.69, 9.17) is 34.8 Å². The van der Waals surface area contributed by atoms with Gasteiger partial charge >= 0.3 is 0 Å². The van der Waals surface area contributed by atoms with Gasteiger partial charge in [-0.05, 0) is 102 Å². The van der Waals surface area contributed by atoms with Gasteiger partial charge in [0.05, 0.1) is 37.8 Å². The molecule has 2 unspecified atom stereocenters. The Balaban J connectivity index is 0.000000159. The fourth-order valence-corrected chi connectivity index (χ4v) is 9.62. The number of methoxy groups -OCH3 is 2. The van der Waals surface area contributed by atoms with Crippen molar-refractivity contribution < 1.29 is 24.1 Å². The Bertz CT molecular complexity index is 1670. The first-order valence-corrected chi connectivity index (χ1v) is 20.2. The van der Waals surface area contributed by atoms with Crippen molar-refractivity contribution in [3.05, 3.63) is 84.2 Å². The second-order valence-corrected chi connectivity index (χ2v) is 15.7. The number of hydrogen-bond donors (Lipinski definition) is 4. The summed E-state index contributed by atoms with van der Waals surface area (Å²) in [5, 5.41) is 22.8. The number of nitrogens with one attached hydrogen (secondary N) is 2. The van der Waals surface area contributed by atoms with Crippen LogP contribution < -0.4 is 20.5 Å². The van der Waals surface area contributed by atoms with Crippen LogP contribution in [-0.2, 0) is 33.6 Å². The molecule has 5 N–H and O–H groups in total. The molecule has 0 aromatic carbocycles. The highest BCUT2D eigenvalue weighted by molar-refractivity contribution is 5.23. The van der Waals surface area contributed by atoms with E-state index >= 15 is 0 Å². The normalized spacial score (nSPS) is 23.8. The molecular weight excluding hydrogens is 697 g/mol. The molecule has 8 rings (SSSR count). The van der Waals surface area contributed by atoms with Crippen LogP contribution in [-0.4, -0.2) is 86.8 Å². The van der Waals surface area contributed by atoms with Crippen LogP contribution in [0.5, 0.6) is 11.8 Å². The van der Waals surface area contributed by atoms with Crippen LogP contribution in [0.3, 0.4) is 0 Å². The third kappa shape index (κ3) is 9.93. The fraction of sp³-hybridized carbons (Fsp3) is 0.619. The molecule has 4 aliphatic rings. The van der Waals surface area contributed by atoms with Gasteiger partial charge in [0.15, 0.2) is 0 Å². The third-order valence-corrected chi connectivity index (χ3v) is 12.4. The smallest absolute Gasteiger partial charge is 0.213 e. The number of nitrogens with zero attached hydrogens (tertiary/aromatic N) is 5. The van der Waals surface area contributed by atoms with E-state index < -0.39 is 0 Å². The number of H-pyrrole nitrogens is 1. The minimum absolute atomic E-state index is 0.0730. The van der Waals surface area contributed by atoms with Gasteiger partial charge in [-0.2, -0.15) is 10.2 Å². The average molecular weight is 759 g/mol. The number of aliphatic hydroxyl groups is 1. The predicted molar refractivity (Wildman–Crippen MR) is 211 cm³/mol. The maximum absolute atomic E-state index is 8.56. The zero-order valence-corrected chi connectivity index (χ0v) is 32.9. The summed E-state index contributed by atoms with van der Waals surface area (Å²) in [6.45, 7) is 3.96. The minimum Gasteiger partial charge on any atom is -0.481 e. The second kappa shape index (κ2) is 19.3. The Morgan fingerprint density at radius 1 is 0.800 bits per heavy atom. The Hall–Kier alpha value is -3.88. The largest absolute Gasteiger partial charge is 0.481 e. The van der Waals surface area contributed by atoms with Gasteiger partial charge in [0.25, 0.3) is 0 Å². The second-order valence-electron chi connectivity index (χ2n) is 15.7. The maximum atomic E-state index is 8.56.